The maximum atomic E-state index is 12.9. The van der Waals surface area contributed by atoms with Crippen LogP contribution in [0.5, 0.6) is 0 Å². The van der Waals surface area contributed by atoms with Gasteiger partial charge in [-0.25, -0.2) is 14.6 Å². The summed E-state index contributed by atoms with van der Waals surface area (Å²) in [6.45, 7) is 3.99. The van der Waals surface area contributed by atoms with Crippen molar-refractivity contribution in [3.05, 3.63) is 78.4 Å². The molecule has 1 atom stereocenters. The van der Waals surface area contributed by atoms with Crippen molar-refractivity contribution in [1.29, 1.82) is 0 Å². The van der Waals surface area contributed by atoms with E-state index in [9.17, 15) is 14.4 Å². The highest BCUT2D eigenvalue weighted by atomic mass is 16.7. The van der Waals surface area contributed by atoms with Gasteiger partial charge in [0.2, 0.25) is 0 Å². The molecule has 0 aromatic heterocycles. The maximum Gasteiger partial charge on any atom is 0.363 e. The topological polar surface area (TPSA) is 82.2 Å². The van der Waals surface area contributed by atoms with Gasteiger partial charge in [-0.05, 0) is 18.2 Å². The predicted molar refractivity (Wildman–Crippen MR) is 101 cm³/mol. The molecule has 1 N–H and O–H groups in total. The molecule has 1 fully saturated rings. The summed E-state index contributed by atoms with van der Waals surface area (Å²) in [5, 5.41) is 6.04. The van der Waals surface area contributed by atoms with Gasteiger partial charge < -0.3 is 0 Å². The van der Waals surface area contributed by atoms with E-state index in [1.165, 1.54) is 15.1 Å². The molecule has 2 bridgehead atoms. The zero-order chi connectivity index (χ0) is 19.7. The lowest BCUT2D eigenvalue weighted by Gasteiger charge is -2.34. The van der Waals surface area contributed by atoms with Crippen LogP contribution in [-0.2, 0) is 4.84 Å². The molecule has 5 amide bonds. The minimum absolute atomic E-state index is 0.164. The lowest BCUT2D eigenvalue weighted by atomic mass is 10.0. The summed E-state index contributed by atoms with van der Waals surface area (Å²) in [4.78, 5) is 43.6. The molecule has 2 aliphatic rings. The lowest BCUT2D eigenvalue weighted by molar-refractivity contribution is -0.118. The molecule has 2 aromatic carbocycles. The van der Waals surface area contributed by atoms with E-state index >= 15 is 0 Å². The van der Waals surface area contributed by atoms with Crippen LogP contribution in [0.15, 0.2) is 67.3 Å². The Bertz CT molecular complexity index is 946. The molecule has 0 aliphatic carbocycles. The van der Waals surface area contributed by atoms with E-state index in [1.807, 2.05) is 12.1 Å². The SMILES string of the molecule is C=CCON1C(=O)N2CC1c1ccccc1N2C(=O)NC(=O)c1ccccc1. The Morgan fingerprint density at radius 2 is 1.86 bits per heavy atom. The summed E-state index contributed by atoms with van der Waals surface area (Å²) in [5.41, 5.74) is 1.63. The first-order chi connectivity index (χ1) is 13.6. The van der Waals surface area contributed by atoms with Gasteiger partial charge in [-0.15, -0.1) is 6.58 Å². The van der Waals surface area contributed by atoms with Crippen molar-refractivity contribution in [2.45, 2.75) is 6.04 Å². The second kappa shape index (κ2) is 7.16. The van der Waals surface area contributed by atoms with Gasteiger partial charge in [-0.2, -0.15) is 10.1 Å². The van der Waals surface area contributed by atoms with Crippen LogP contribution >= 0.6 is 0 Å². The van der Waals surface area contributed by atoms with Crippen LogP contribution in [0.25, 0.3) is 0 Å². The number of hydrazine groups is 1. The smallest absolute Gasteiger partial charge is 0.272 e. The first-order valence-electron chi connectivity index (χ1n) is 8.75. The number of nitrogens with zero attached hydrogens (tertiary/aromatic N) is 3. The number of hydrogen-bond acceptors (Lipinski definition) is 4. The number of hydrogen-bond donors (Lipinski definition) is 1. The Balaban J connectivity index is 1.64. The quantitative estimate of drug-likeness (QED) is 0.830. The first kappa shape index (κ1) is 17.7. The Morgan fingerprint density at radius 3 is 2.61 bits per heavy atom. The van der Waals surface area contributed by atoms with Crippen LogP contribution in [0.3, 0.4) is 0 Å². The van der Waals surface area contributed by atoms with Crippen LogP contribution < -0.4 is 10.3 Å². The number of carbonyl (C=O) groups excluding carboxylic acids is 3. The van der Waals surface area contributed by atoms with E-state index in [0.717, 1.165) is 5.56 Å². The lowest BCUT2D eigenvalue weighted by Crippen LogP contribution is -2.54. The highest BCUT2D eigenvalue weighted by molar-refractivity contribution is 6.10. The Hall–Kier alpha value is -3.65. The van der Waals surface area contributed by atoms with E-state index in [0.29, 0.717) is 11.3 Å². The fraction of sp³-hybridized carbons (Fsp3) is 0.150. The zero-order valence-corrected chi connectivity index (χ0v) is 14.9. The number of amides is 5. The number of fused-ring (bicyclic) bond motifs is 4. The molecule has 0 saturated carbocycles. The van der Waals surface area contributed by atoms with Gasteiger partial charge in [-0.1, -0.05) is 42.5 Å². The third kappa shape index (κ3) is 2.89. The largest absolute Gasteiger partial charge is 0.363 e. The fourth-order valence-corrected chi connectivity index (χ4v) is 3.36. The average Bonchev–Trinajstić information content (AvgIpc) is 2.99. The van der Waals surface area contributed by atoms with E-state index in [2.05, 4.69) is 11.9 Å². The van der Waals surface area contributed by atoms with Gasteiger partial charge in [0.05, 0.1) is 18.8 Å². The molecule has 2 heterocycles. The molecule has 8 nitrogen and oxygen atoms in total. The van der Waals surface area contributed by atoms with Crippen molar-refractivity contribution in [3.8, 4) is 0 Å². The molecule has 1 saturated heterocycles. The van der Waals surface area contributed by atoms with Gasteiger partial charge in [0.25, 0.3) is 5.91 Å². The van der Waals surface area contributed by atoms with Gasteiger partial charge in [0, 0.05) is 11.1 Å². The van der Waals surface area contributed by atoms with Crippen LogP contribution in [0, 0.1) is 0 Å². The zero-order valence-electron chi connectivity index (χ0n) is 14.9. The first-order valence-corrected chi connectivity index (χ1v) is 8.75. The molecule has 2 aliphatic heterocycles. The molecule has 0 spiro atoms. The van der Waals surface area contributed by atoms with Crippen molar-refractivity contribution < 1.29 is 19.2 Å². The van der Waals surface area contributed by atoms with E-state index in [1.54, 1.807) is 48.5 Å². The minimum atomic E-state index is -0.710. The molecule has 28 heavy (non-hydrogen) atoms. The summed E-state index contributed by atoms with van der Waals surface area (Å²) in [7, 11) is 0. The van der Waals surface area contributed by atoms with Gasteiger partial charge in [0.15, 0.2) is 0 Å². The molecule has 142 valence electrons. The molecule has 2 aromatic rings. The van der Waals surface area contributed by atoms with Crippen molar-refractivity contribution in [2.24, 2.45) is 0 Å². The molecular formula is C20H18N4O4. The number of rotatable bonds is 4. The summed E-state index contributed by atoms with van der Waals surface area (Å²) in [5.74, 6) is -0.545. The Kier molecular flexibility index (Phi) is 4.54. The van der Waals surface area contributed by atoms with Crippen molar-refractivity contribution >= 4 is 23.7 Å². The Labute approximate surface area is 161 Å². The molecular weight excluding hydrogens is 360 g/mol. The van der Waals surface area contributed by atoms with E-state index in [-0.39, 0.29) is 19.2 Å². The van der Waals surface area contributed by atoms with Crippen molar-refractivity contribution in [2.75, 3.05) is 18.2 Å². The summed E-state index contributed by atoms with van der Waals surface area (Å²) in [6, 6.07) is 14.0. The summed E-state index contributed by atoms with van der Waals surface area (Å²) < 4.78 is 0. The predicted octanol–water partition coefficient (Wildman–Crippen LogP) is 2.87. The molecule has 8 heteroatoms. The second-order valence-electron chi connectivity index (χ2n) is 6.29. The second-order valence-corrected chi connectivity index (χ2v) is 6.29. The average molecular weight is 378 g/mol. The van der Waals surface area contributed by atoms with Crippen LogP contribution in [0.4, 0.5) is 15.3 Å². The van der Waals surface area contributed by atoms with Crippen molar-refractivity contribution in [3.63, 3.8) is 0 Å². The third-order valence-corrected chi connectivity index (χ3v) is 4.58. The van der Waals surface area contributed by atoms with Crippen molar-refractivity contribution in [1.82, 2.24) is 15.4 Å². The van der Waals surface area contributed by atoms with Gasteiger partial charge in [-0.3, -0.25) is 14.9 Å². The van der Waals surface area contributed by atoms with E-state index < -0.39 is 18.0 Å². The normalized spacial score (nSPS) is 17.4. The van der Waals surface area contributed by atoms with Crippen LogP contribution in [-0.4, -0.2) is 41.2 Å². The number of nitrogens with one attached hydrogen (secondary N) is 1. The maximum absolute atomic E-state index is 12.9. The number of urea groups is 2. The number of benzene rings is 2. The van der Waals surface area contributed by atoms with Gasteiger partial charge in [0.1, 0.15) is 6.04 Å². The highest BCUT2D eigenvalue weighted by Crippen LogP contribution is 2.42. The number of imide groups is 1. The van der Waals surface area contributed by atoms with Crippen LogP contribution in [0.1, 0.15) is 22.0 Å². The standard InChI is InChI=1S/C20H18N4O4/c1-2-12-28-24-17-13-22(20(24)27)23(16-11-7-6-10-15(16)17)19(26)21-18(25)14-8-4-3-5-9-14/h2-11,17H,1,12-13H2,(H,21,25,26). The summed E-state index contributed by atoms with van der Waals surface area (Å²) in [6.07, 6.45) is 1.54. The number of hydroxylamine groups is 2. The summed E-state index contributed by atoms with van der Waals surface area (Å²) >= 11 is 0. The number of anilines is 1. The monoisotopic (exact) mass is 378 g/mol. The fourth-order valence-electron chi connectivity index (χ4n) is 3.36. The third-order valence-electron chi connectivity index (χ3n) is 4.58. The molecule has 1 unspecified atom stereocenters. The number of carbonyl (C=O) groups is 3. The van der Waals surface area contributed by atoms with Crippen LogP contribution in [0.2, 0.25) is 0 Å². The Morgan fingerprint density at radius 1 is 1.14 bits per heavy atom. The molecule has 0 radical (unpaired) electrons. The minimum Gasteiger partial charge on any atom is -0.272 e. The molecule has 4 rings (SSSR count). The highest BCUT2D eigenvalue weighted by Gasteiger charge is 2.49. The van der Waals surface area contributed by atoms with Gasteiger partial charge >= 0.3 is 12.1 Å². The number of para-hydroxylation sites is 1. The van der Waals surface area contributed by atoms with E-state index in [4.69, 9.17) is 4.84 Å².